The summed E-state index contributed by atoms with van der Waals surface area (Å²) in [6, 6.07) is 13.3. The SMILES string of the molecule is O=C(NCc1ccccc1)C1CC(=O)N(c2cccnc2)C1. The summed E-state index contributed by atoms with van der Waals surface area (Å²) in [5.41, 5.74) is 1.79. The zero-order chi connectivity index (χ0) is 15.4. The van der Waals surface area contributed by atoms with E-state index >= 15 is 0 Å². The maximum atomic E-state index is 12.2. The molecule has 5 nitrogen and oxygen atoms in total. The summed E-state index contributed by atoms with van der Waals surface area (Å²) in [5, 5.41) is 2.90. The number of amides is 2. The van der Waals surface area contributed by atoms with Gasteiger partial charge in [0.25, 0.3) is 0 Å². The van der Waals surface area contributed by atoms with Gasteiger partial charge in [0.15, 0.2) is 0 Å². The van der Waals surface area contributed by atoms with Crippen molar-refractivity contribution >= 4 is 17.5 Å². The van der Waals surface area contributed by atoms with Crippen LogP contribution >= 0.6 is 0 Å². The fourth-order valence-corrected chi connectivity index (χ4v) is 2.58. The Balaban J connectivity index is 1.59. The van der Waals surface area contributed by atoms with Crippen LogP contribution in [0.25, 0.3) is 0 Å². The molecule has 0 saturated carbocycles. The number of hydrogen-bond acceptors (Lipinski definition) is 3. The Morgan fingerprint density at radius 3 is 2.77 bits per heavy atom. The lowest BCUT2D eigenvalue weighted by Crippen LogP contribution is -2.32. The number of nitrogens with one attached hydrogen (secondary N) is 1. The molecular weight excluding hydrogens is 278 g/mol. The van der Waals surface area contributed by atoms with Crippen molar-refractivity contribution in [2.45, 2.75) is 13.0 Å². The quantitative estimate of drug-likeness (QED) is 0.934. The summed E-state index contributed by atoms with van der Waals surface area (Å²) < 4.78 is 0. The molecule has 112 valence electrons. The van der Waals surface area contributed by atoms with Gasteiger partial charge in [0.05, 0.1) is 17.8 Å². The number of rotatable bonds is 4. The topological polar surface area (TPSA) is 62.3 Å². The number of benzene rings is 1. The van der Waals surface area contributed by atoms with Crippen LogP contribution in [0.15, 0.2) is 54.9 Å². The smallest absolute Gasteiger partial charge is 0.227 e. The van der Waals surface area contributed by atoms with Gasteiger partial charge in [-0.1, -0.05) is 30.3 Å². The number of hydrogen-bond donors (Lipinski definition) is 1. The number of nitrogens with zero attached hydrogens (tertiary/aromatic N) is 2. The molecule has 1 unspecified atom stereocenters. The molecule has 0 bridgehead atoms. The second-order valence-electron chi connectivity index (χ2n) is 5.32. The lowest BCUT2D eigenvalue weighted by Gasteiger charge is -2.16. The Labute approximate surface area is 129 Å². The van der Waals surface area contributed by atoms with E-state index in [1.54, 1.807) is 23.4 Å². The van der Waals surface area contributed by atoms with Crippen LogP contribution in [-0.4, -0.2) is 23.3 Å². The maximum absolute atomic E-state index is 12.2. The fraction of sp³-hybridized carbons (Fsp3) is 0.235. The molecule has 1 atom stereocenters. The van der Waals surface area contributed by atoms with Gasteiger partial charge < -0.3 is 10.2 Å². The van der Waals surface area contributed by atoms with E-state index in [9.17, 15) is 9.59 Å². The number of carbonyl (C=O) groups excluding carboxylic acids is 2. The van der Waals surface area contributed by atoms with Gasteiger partial charge >= 0.3 is 0 Å². The average Bonchev–Trinajstić information content (AvgIpc) is 2.96. The standard InChI is InChI=1S/C17H17N3O2/c21-16-9-14(12-20(16)15-7-4-8-18-11-15)17(22)19-10-13-5-2-1-3-6-13/h1-8,11,14H,9-10,12H2,(H,19,22). The summed E-state index contributed by atoms with van der Waals surface area (Å²) in [6.45, 7) is 0.891. The molecule has 1 aliphatic heterocycles. The highest BCUT2D eigenvalue weighted by atomic mass is 16.2. The Morgan fingerprint density at radius 2 is 2.05 bits per heavy atom. The molecule has 0 radical (unpaired) electrons. The molecule has 3 rings (SSSR count). The van der Waals surface area contributed by atoms with E-state index in [1.807, 2.05) is 36.4 Å². The Hall–Kier alpha value is -2.69. The highest BCUT2D eigenvalue weighted by Crippen LogP contribution is 2.24. The van der Waals surface area contributed by atoms with Crippen molar-refractivity contribution in [2.24, 2.45) is 5.92 Å². The molecule has 2 aromatic rings. The minimum absolute atomic E-state index is 0.0344. The van der Waals surface area contributed by atoms with Crippen LogP contribution in [0.4, 0.5) is 5.69 Å². The van der Waals surface area contributed by atoms with Crippen molar-refractivity contribution in [3.05, 3.63) is 60.4 Å². The van der Waals surface area contributed by atoms with Crippen LogP contribution in [0, 0.1) is 5.92 Å². The third-order valence-electron chi connectivity index (χ3n) is 3.76. The predicted molar refractivity (Wildman–Crippen MR) is 83.0 cm³/mol. The minimum Gasteiger partial charge on any atom is -0.352 e. The first-order valence-electron chi connectivity index (χ1n) is 7.26. The molecule has 0 spiro atoms. The molecule has 5 heteroatoms. The number of carbonyl (C=O) groups is 2. The zero-order valence-corrected chi connectivity index (χ0v) is 12.1. The highest BCUT2D eigenvalue weighted by molar-refractivity contribution is 6.00. The monoisotopic (exact) mass is 295 g/mol. The molecule has 1 aliphatic rings. The lowest BCUT2D eigenvalue weighted by molar-refractivity contribution is -0.126. The van der Waals surface area contributed by atoms with Gasteiger partial charge in [-0.25, -0.2) is 0 Å². The largest absolute Gasteiger partial charge is 0.352 e. The number of anilines is 1. The van der Waals surface area contributed by atoms with E-state index in [-0.39, 0.29) is 24.2 Å². The molecule has 2 amide bonds. The van der Waals surface area contributed by atoms with Crippen molar-refractivity contribution in [3.63, 3.8) is 0 Å². The summed E-state index contributed by atoms with van der Waals surface area (Å²) in [6.07, 6.45) is 3.55. The highest BCUT2D eigenvalue weighted by Gasteiger charge is 2.34. The van der Waals surface area contributed by atoms with Gasteiger partial charge in [-0.2, -0.15) is 0 Å². The van der Waals surface area contributed by atoms with E-state index in [4.69, 9.17) is 0 Å². The van der Waals surface area contributed by atoms with Gasteiger partial charge in [0.2, 0.25) is 11.8 Å². The summed E-state index contributed by atoms with van der Waals surface area (Å²) >= 11 is 0. The number of aromatic nitrogens is 1. The first-order chi connectivity index (χ1) is 10.7. The van der Waals surface area contributed by atoms with E-state index in [0.29, 0.717) is 13.1 Å². The molecular formula is C17H17N3O2. The van der Waals surface area contributed by atoms with Gasteiger partial charge in [-0.05, 0) is 17.7 Å². The average molecular weight is 295 g/mol. The molecule has 1 N–H and O–H groups in total. The molecule has 1 saturated heterocycles. The lowest BCUT2D eigenvalue weighted by atomic mass is 10.1. The van der Waals surface area contributed by atoms with Crippen LogP contribution < -0.4 is 10.2 Å². The molecule has 2 heterocycles. The molecule has 22 heavy (non-hydrogen) atoms. The summed E-state index contributed by atoms with van der Waals surface area (Å²) in [4.78, 5) is 30.0. The Morgan fingerprint density at radius 1 is 1.23 bits per heavy atom. The van der Waals surface area contributed by atoms with Gasteiger partial charge in [0.1, 0.15) is 0 Å². The normalized spacial score (nSPS) is 17.5. The van der Waals surface area contributed by atoms with Crippen LogP contribution in [0.2, 0.25) is 0 Å². The van der Waals surface area contributed by atoms with Crippen LogP contribution in [0.5, 0.6) is 0 Å². The van der Waals surface area contributed by atoms with Crippen LogP contribution in [0.3, 0.4) is 0 Å². The van der Waals surface area contributed by atoms with Gasteiger partial charge in [0, 0.05) is 25.7 Å². The van der Waals surface area contributed by atoms with Crippen molar-refractivity contribution in [2.75, 3.05) is 11.4 Å². The van der Waals surface area contributed by atoms with Gasteiger partial charge in [-0.3, -0.25) is 14.6 Å². The van der Waals surface area contributed by atoms with Crippen LogP contribution in [0.1, 0.15) is 12.0 Å². The third kappa shape index (κ3) is 3.14. The first-order valence-corrected chi connectivity index (χ1v) is 7.26. The number of pyridine rings is 1. The zero-order valence-electron chi connectivity index (χ0n) is 12.1. The molecule has 1 aromatic carbocycles. The van der Waals surface area contributed by atoms with E-state index in [1.165, 1.54) is 0 Å². The Kier molecular flexibility index (Phi) is 4.14. The Bertz CT molecular complexity index is 658. The van der Waals surface area contributed by atoms with E-state index < -0.39 is 0 Å². The van der Waals surface area contributed by atoms with Crippen molar-refractivity contribution in [3.8, 4) is 0 Å². The molecule has 0 aliphatic carbocycles. The van der Waals surface area contributed by atoms with Gasteiger partial charge in [-0.15, -0.1) is 0 Å². The predicted octanol–water partition coefficient (Wildman–Crippen LogP) is 1.75. The maximum Gasteiger partial charge on any atom is 0.227 e. The van der Waals surface area contributed by atoms with Crippen molar-refractivity contribution in [1.29, 1.82) is 0 Å². The van der Waals surface area contributed by atoms with Crippen molar-refractivity contribution < 1.29 is 9.59 Å². The summed E-state index contributed by atoms with van der Waals surface area (Å²) in [7, 11) is 0. The fourth-order valence-electron chi connectivity index (χ4n) is 2.58. The third-order valence-corrected chi connectivity index (χ3v) is 3.76. The molecule has 1 fully saturated rings. The van der Waals surface area contributed by atoms with Crippen LogP contribution in [-0.2, 0) is 16.1 Å². The van der Waals surface area contributed by atoms with E-state index in [2.05, 4.69) is 10.3 Å². The van der Waals surface area contributed by atoms with E-state index in [0.717, 1.165) is 11.3 Å². The second-order valence-corrected chi connectivity index (χ2v) is 5.32. The van der Waals surface area contributed by atoms with Crippen molar-refractivity contribution in [1.82, 2.24) is 10.3 Å². The summed E-state index contributed by atoms with van der Waals surface area (Å²) in [5.74, 6) is -0.423. The molecule has 1 aromatic heterocycles. The minimum atomic E-state index is -0.309. The first kappa shape index (κ1) is 14.3. The second kappa shape index (κ2) is 6.39.